The number of fused-ring (bicyclic) bond motifs is 1. The fourth-order valence-corrected chi connectivity index (χ4v) is 3.09. The lowest BCUT2D eigenvalue weighted by molar-refractivity contribution is 0.162. The highest BCUT2D eigenvalue weighted by atomic mass is 32.2. The van der Waals surface area contributed by atoms with Crippen LogP contribution in [-0.2, 0) is 14.8 Å². The molecular weight excluding hydrogens is 290 g/mol. The smallest absolute Gasteiger partial charge is 0.242 e. The van der Waals surface area contributed by atoms with Crippen molar-refractivity contribution in [3.63, 3.8) is 0 Å². The number of nitrogen functional groups attached to an aromatic ring is 1. The molecule has 0 fully saturated rings. The Labute approximate surface area is 124 Å². The summed E-state index contributed by atoms with van der Waals surface area (Å²) in [4.78, 5) is 3.11. The number of anilines is 1. The Morgan fingerprint density at radius 3 is 2.95 bits per heavy atom. The van der Waals surface area contributed by atoms with Crippen molar-refractivity contribution < 1.29 is 13.2 Å². The maximum Gasteiger partial charge on any atom is 0.242 e. The van der Waals surface area contributed by atoms with Gasteiger partial charge in [-0.05, 0) is 25.1 Å². The molecule has 0 aliphatic heterocycles. The number of aromatic amines is 1. The number of aromatic nitrogens is 1. The monoisotopic (exact) mass is 309 g/mol. The van der Waals surface area contributed by atoms with Crippen LogP contribution in [0.25, 0.3) is 10.9 Å². The van der Waals surface area contributed by atoms with Crippen LogP contribution in [0, 0.1) is 0 Å². The predicted octanol–water partition coefficient (Wildman–Crippen LogP) is 1.62. The lowest BCUT2D eigenvalue weighted by atomic mass is 10.2. The van der Waals surface area contributed by atoms with Gasteiger partial charge in [-0.2, -0.15) is 0 Å². The van der Waals surface area contributed by atoms with Crippen molar-refractivity contribution in [1.29, 1.82) is 0 Å². The zero-order valence-electron chi connectivity index (χ0n) is 11.8. The van der Waals surface area contributed by atoms with E-state index in [9.17, 15) is 8.42 Å². The fraction of sp³-hybridized carbons (Fsp3) is 0.286. The molecule has 0 bridgehead atoms. The van der Waals surface area contributed by atoms with E-state index in [0.29, 0.717) is 17.7 Å². The quantitative estimate of drug-likeness (QED) is 0.411. The molecule has 0 aliphatic rings. The molecule has 0 saturated carbocycles. The third-order valence-corrected chi connectivity index (χ3v) is 4.35. The number of ether oxygens (including phenoxy) is 1. The molecule has 1 aromatic carbocycles. The number of hydrogen-bond acceptors (Lipinski definition) is 4. The fourth-order valence-electron chi connectivity index (χ4n) is 1.91. The molecule has 4 N–H and O–H groups in total. The molecule has 1 aromatic heterocycles. The molecule has 0 aliphatic carbocycles. The molecule has 2 rings (SSSR count). The Hall–Kier alpha value is -1.83. The first kappa shape index (κ1) is 15.6. The van der Waals surface area contributed by atoms with Gasteiger partial charge in [0.25, 0.3) is 0 Å². The second kappa shape index (κ2) is 6.30. The van der Waals surface area contributed by atoms with Crippen molar-refractivity contribution in [3.8, 4) is 0 Å². The van der Waals surface area contributed by atoms with Crippen LogP contribution in [0.3, 0.4) is 0 Å². The van der Waals surface area contributed by atoms with E-state index in [-0.39, 0.29) is 18.0 Å². The molecule has 7 heteroatoms. The molecule has 0 amide bonds. The number of H-pyrrole nitrogens is 1. The van der Waals surface area contributed by atoms with Crippen molar-refractivity contribution in [2.75, 3.05) is 25.5 Å². The van der Waals surface area contributed by atoms with Gasteiger partial charge in [0.1, 0.15) is 4.90 Å². The summed E-state index contributed by atoms with van der Waals surface area (Å²) in [6.07, 6.45) is 1.46. The first-order valence-electron chi connectivity index (χ1n) is 6.48. The van der Waals surface area contributed by atoms with E-state index in [1.165, 1.54) is 6.20 Å². The third kappa shape index (κ3) is 3.84. The lowest BCUT2D eigenvalue weighted by Crippen LogP contribution is -2.27. The predicted molar refractivity (Wildman–Crippen MR) is 83.5 cm³/mol. The van der Waals surface area contributed by atoms with Crippen molar-refractivity contribution >= 4 is 26.6 Å². The highest BCUT2D eigenvalue weighted by Gasteiger charge is 2.18. The van der Waals surface area contributed by atoms with Crippen LogP contribution in [0.15, 0.2) is 41.4 Å². The summed E-state index contributed by atoms with van der Waals surface area (Å²) in [5.41, 5.74) is 7.84. The molecular formula is C14H19N3O3S. The molecule has 114 valence electrons. The van der Waals surface area contributed by atoms with Gasteiger partial charge in [-0.1, -0.05) is 12.2 Å². The molecule has 0 unspecified atom stereocenters. The van der Waals surface area contributed by atoms with Crippen molar-refractivity contribution in [1.82, 2.24) is 9.71 Å². The van der Waals surface area contributed by atoms with Crippen LogP contribution in [0.5, 0.6) is 0 Å². The number of sulfonamides is 1. The second-order valence-electron chi connectivity index (χ2n) is 4.87. The molecule has 6 nitrogen and oxygen atoms in total. The minimum atomic E-state index is -3.60. The van der Waals surface area contributed by atoms with Gasteiger partial charge in [-0.3, -0.25) is 0 Å². The maximum atomic E-state index is 12.3. The van der Waals surface area contributed by atoms with E-state index in [1.54, 1.807) is 18.2 Å². The lowest BCUT2D eigenvalue weighted by Gasteiger charge is -2.07. The van der Waals surface area contributed by atoms with Crippen molar-refractivity contribution in [3.05, 3.63) is 36.5 Å². The standard InChI is InChI=1S/C14H19N3O3S/c1-10(2)9-20-6-5-17-21(18,19)14-8-16-13-4-3-11(15)7-12(13)14/h3-4,7-8,16-17H,1,5-6,9,15H2,2H3. The summed E-state index contributed by atoms with van der Waals surface area (Å²) in [6, 6.07) is 5.10. The third-order valence-electron chi connectivity index (χ3n) is 2.84. The van der Waals surface area contributed by atoms with E-state index in [0.717, 1.165) is 11.1 Å². The van der Waals surface area contributed by atoms with Gasteiger partial charge in [0, 0.05) is 29.3 Å². The van der Waals surface area contributed by atoms with Gasteiger partial charge in [0.05, 0.1) is 13.2 Å². The van der Waals surface area contributed by atoms with Crippen LogP contribution in [0.4, 0.5) is 5.69 Å². The van der Waals surface area contributed by atoms with Gasteiger partial charge < -0.3 is 15.5 Å². The van der Waals surface area contributed by atoms with E-state index in [4.69, 9.17) is 10.5 Å². The van der Waals surface area contributed by atoms with Crippen LogP contribution < -0.4 is 10.5 Å². The van der Waals surface area contributed by atoms with Crippen LogP contribution in [0.1, 0.15) is 6.92 Å². The zero-order valence-corrected chi connectivity index (χ0v) is 12.7. The average molecular weight is 309 g/mol. The Bertz CT molecular complexity index is 750. The van der Waals surface area contributed by atoms with Crippen molar-refractivity contribution in [2.24, 2.45) is 0 Å². The minimum absolute atomic E-state index is 0.185. The Morgan fingerprint density at radius 2 is 2.24 bits per heavy atom. The molecule has 1 heterocycles. The summed E-state index contributed by atoms with van der Waals surface area (Å²) in [5.74, 6) is 0. The Balaban J connectivity index is 2.07. The van der Waals surface area contributed by atoms with Gasteiger partial charge in [0.2, 0.25) is 10.0 Å². The van der Waals surface area contributed by atoms with E-state index in [1.807, 2.05) is 6.92 Å². The van der Waals surface area contributed by atoms with E-state index in [2.05, 4.69) is 16.3 Å². The molecule has 0 saturated heterocycles. The number of hydrogen-bond donors (Lipinski definition) is 3. The van der Waals surface area contributed by atoms with Gasteiger partial charge in [-0.25, -0.2) is 13.1 Å². The number of nitrogens with one attached hydrogen (secondary N) is 2. The molecule has 0 spiro atoms. The number of rotatable bonds is 7. The van der Waals surface area contributed by atoms with Gasteiger partial charge >= 0.3 is 0 Å². The summed E-state index contributed by atoms with van der Waals surface area (Å²) in [6.45, 7) is 6.46. The van der Waals surface area contributed by atoms with Crippen molar-refractivity contribution in [2.45, 2.75) is 11.8 Å². The number of nitrogens with two attached hydrogens (primary N) is 1. The normalized spacial score (nSPS) is 11.9. The number of benzene rings is 1. The molecule has 2 aromatic rings. The summed E-state index contributed by atoms with van der Waals surface area (Å²) in [5, 5.41) is 0.574. The first-order chi connectivity index (χ1) is 9.90. The van der Waals surface area contributed by atoms with Crippen LogP contribution in [0.2, 0.25) is 0 Å². The van der Waals surface area contributed by atoms with Crippen LogP contribution in [-0.4, -0.2) is 33.2 Å². The van der Waals surface area contributed by atoms with Gasteiger partial charge in [0.15, 0.2) is 0 Å². The molecule has 21 heavy (non-hydrogen) atoms. The Kier molecular flexibility index (Phi) is 4.66. The first-order valence-corrected chi connectivity index (χ1v) is 7.97. The SMILES string of the molecule is C=C(C)COCCNS(=O)(=O)c1c[nH]c2ccc(N)cc12. The van der Waals surface area contributed by atoms with E-state index < -0.39 is 10.0 Å². The Morgan fingerprint density at radius 1 is 1.48 bits per heavy atom. The maximum absolute atomic E-state index is 12.3. The van der Waals surface area contributed by atoms with E-state index >= 15 is 0 Å². The molecule has 0 atom stereocenters. The summed E-state index contributed by atoms with van der Waals surface area (Å²) >= 11 is 0. The topological polar surface area (TPSA) is 97.2 Å². The summed E-state index contributed by atoms with van der Waals surface area (Å²) < 4.78 is 32.3. The largest absolute Gasteiger partial charge is 0.399 e. The highest BCUT2D eigenvalue weighted by Crippen LogP contribution is 2.24. The summed E-state index contributed by atoms with van der Waals surface area (Å²) in [7, 11) is -3.60. The molecule has 0 radical (unpaired) electrons. The average Bonchev–Trinajstić information content (AvgIpc) is 2.81. The van der Waals surface area contributed by atoms with Crippen LogP contribution >= 0.6 is 0 Å². The minimum Gasteiger partial charge on any atom is -0.399 e. The highest BCUT2D eigenvalue weighted by molar-refractivity contribution is 7.89. The van der Waals surface area contributed by atoms with Gasteiger partial charge in [-0.15, -0.1) is 0 Å². The second-order valence-corrected chi connectivity index (χ2v) is 6.60. The zero-order chi connectivity index (χ0) is 15.5.